The molecule has 0 heterocycles. The topological polar surface area (TPSA) is 78.9 Å². The lowest BCUT2D eigenvalue weighted by Gasteiger charge is -2.09. The van der Waals surface area contributed by atoms with E-state index in [0.717, 1.165) is 20.3 Å². The molecule has 0 aliphatic heterocycles. The van der Waals surface area contributed by atoms with Gasteiger partial charge in [0, 0.05) is 0 Å². The van der Waals surface area contributed by atoms with Gasteiger partial charge in [0.2, 0.25) is 5.76 Å². The smallest absolute Gasteiger partial charge is 0.374 e. The summed E-state index contributed by atoms with van der Waals surface area (Å²) in [5.74, 6) is -1.86. The molecular formula is C13H12O6. The highest BCUT2D eigenvalue weighted by atomic mass is 16.6. The largest absolute Gasteiger partial charge is 0.466 e. The highest BCUT2D eigenvalue weighted by Crippen LogP contribution is 2.19. The van der Waals surface area contributed by atoms with E-state index in [9.17, 15) is 14.4 Å². The third-order valence-corrected chi connectivity index (χ3v) is 2.10. The summed E-state index contributed by atoms with van der Waals surface area (Å²) >= 11 is 0. The Morgan fingerprint density at radius 3 is 2.37 bits per heavy atom. The zero-order chi connectivity index (χ0) is 14.3. The Bertz CT molecular complexity index is 518. The van der Waals surface area contributed by atoms with Crippen molar-refractivity contribution in [2.75, 3.05) is 14.2 Å². The lowest BCUT2D eigenvalue weighted by Crippen LogP contribution is -2.14. The second kappa shape index (κ2) is 6.95. The molecule has 1 aromatic rings. The molecule has 0 atom stereocenters. The Morgan fingerprint density at radius 1 is 1.11 bits per heavy atom. The Hall–Kier alpha value is -2.63. The van der Waals surface area contributed by atoms with Crippen LogP contribution in [-0.2, 0) is 19.1 Å². The summed E-state index contributed by atoms with van der Waals surface area (Å²) in [7, 11) is 2.30. The summed E-state index contributed by atoms with van der Waals surface area (Å²) in [6, 6.07) is 6.25. The van der Waals surface area contributed by atoms with E-state index in [1.54, 1.807) is 12.1 Å². The number of para-hydroxylation sites is 1. The molecule has 1 aromatic carbocycles. The zero-order valence-electron chi connectivity index (χ0n) is 10.4. The van der Waals surface area contributed by atoms with Crippen molar-refractivity contribution < 1.29 is 28.6 Å². The maximum absolute atomic E-state index is 11.5. The quantitative estimate of drug-likeness (QED) is 0.343. The fraction of sp³-hybridized carbons (Fsp3) is 0.154. The molecule has 0 bridgehead atoms. The van der Waals surface area contributed by atoms with Gasteiger partial charge < -0.3 is 14.2 Å². The van der Waals surface area contributed by atoms with Gasteiger partial charge in [0.15, 0.2) is 6.29 Å². The highest BCUT2D eigenvalue weighted by molar-refractivity contribution is 5.95. The minimum Gasteiger partial charge on any atom is -0.466 e. The fourth-order valence-electron chi connectivity index (χ4n) is 1.19. The fourth-order valence-corrected chi connectivity index (χ4v) is 1.19. The predicted octanol–water partition coefficient (Wildman–Crippen LogP) is 1.11. The molecule has 19 heavy (non-hydrogen) atoms. The minimum atomic E-state index is -0.855. The van der Waals surface area contributed by atoms with Gasteiger partial charge in [0.1, 0.15) is 5.75 Å². The average molecular weight is 264 g/mol. The number of ether oxygens (including phenoxy) is 3. The maximum atomic E-state index is 11.5. The van der Waals surface area contributed by atoms with Crippen LogP contribution in [0.4, 0.5) is 0 Å². The standard InChI is InChI=1S/C13H12O6/c1-17-12(15)7-11(13(16)18-2)19-10-6-4-3-5-9(10)8-14/h3-8H,1-2H3/b11-7+. The van der Waals surface area contributed by atoms with Crippen molar-refractivity contribution in [2.24, 2.45) is 0 Å². The van der Waals surface area contributed by atoms with Crippen LogP contribution >= 0.6 is 0 Å². The van der Waals surface area contributed by atoms with E-state index in [0.29, 0.717) is 6.29 Å². The van der Waals surface area contributed by atoms with Crippen LogP contribution < -0.4 is 4.74 Å². The van der Waals surface area contributed by atoms with Crippen LogP contribution in [-0.4, -0.2) is 32.4 Å². The second-order valence-corrected chi connectivity index (χ2v) is 3.28. The van der Waals surface area contributed by atoms with Crippen molar-refractivity contribution in [1.82, 2.24) is 0 Å². The zero-order valence-corrected chi connectivity index (χ0v) is 10.4. The van der Waals surface area contributed by atoms with E-state index < -0.39 is 11.9 Å². The van der Waals surface area contributed by atoms with Crippen LogP contribution in [0.1, 0.15) is 10.4 Å². The van der Waals surface area contributed by atoms with Gasteiger partial charge in [0.25, 0.3) is 0 Å². The van der Waals surface area contributed by atoms with Crippen molar-refractivity contribution in [3.8, 4) is 5.75 Å². The first kappa shape index (κ1) is 14.4. The Balaban J connectivity index is 3.07. The first-order chi connectivity index (χ1) is 9.12. The number of hydrogen-bond donors (Lipinski definition) is 0. The predicted molar refractivity (Wildman–Crippen MR) is 64.6 cm³/mol. The molecule has 0 fully saturated rings. The summed E-state index contributed by atoms with van der Waals surface area (Å²) in [6.45, 7) is 0. The van der Waals surface area contributed by atoms with Crippen LogP contribution in [0.25, 0.3) is 0 Å². The maximum Gasteiger partial charge on any atom is 0.374 e. The average Bonchev–Trinajstić information content (AvgIpc) is 2.45. The number of rotatable bonds is 5. The Kier molecular flexibility index (Phi) is 5.28. The van der Waals surface area contributed by atoms with E-state index in [-0.39, 0.29) is 17.1 Å². The molecule has 1 rings (SSSR count). The van der Waals surface area contributed by atoms with Crippen LogP contribution in [0.3, 0.4) is 0 Å². The van der Waals surface area contributed by atoms with Gasteiger partial charge >= 0.3 is 11.9 Å². The van der Waals surface area contributed by atoms with Gasteiger partial charge in [-0.3, -0.25) is 4.79 Å². The molecule has 0 amide bonds. The van der Waals surface area contributed by atoms with Crippen LogP contribution in [0, 0.1) is 0 Å². The number of methoxy groups -OCH3 is 2. The minimum absolute atomic E-state index is 0.137. The van der Waals surface area contributed by atoms with Crippen molar-refractivity contribution in [3.05, 3.63) is 41.7 Å². The second-order valence-electron chi connectivity index (χ2n) is 3.28. The molecule has 0 saturated heterocycles. The molecule has 0 aliphatic rings. The normalized spacial score (nSPS) is 10.5. The van der Waals surface area contributed by atoms with Gasteiger partial charge in [-0.2, -0.15) is 0 Å². The number of esters is 2. The third kappa shape index (κ3) is 3.95. The number of benzene rings is 1. The molecule has 6 nitrogen and oxygen atoms in total. The summed E-state index contributed by atoms with van der Waals surface area (Å²) in [5, 5.41) is 0. The van der Waals surface area contributed by atoms with Crippen molar-refractivity contribution in [3.63, 3.8) is 0 Å². The van der Waals surface area contributed by atoms with Crippen molar-refractivity contribution in [2.45, 2.75) is 0 Å². The first-order valence-electron chi connectivity index (χ1n) is 5.22. The van der Waals surface area contributed by atoms with Crippen molar-refractivity contribution in [1.29, 1.82) is 0 Å². The summed E-state index contributed by atoms with van der Waals surface area (Å²) in [6.07, 6.45) is 1.41. The van der Waals surface area contributed by atoms with E-state index in [2.05, 4.69) is 9.47 Å². The van der Waals surface area contributed by atoms with Crippen LogP contribution in [0.15, 0.2) is 36.1 Å². The molecule has 0 radical (unpaired) electrons. The van der Waals surface area contributed by atoms with Gasteiger partial charge in [-0.05, 0) is 12.1 Å². The molecule has 100 valence electrons. The van der Waals surface area contributed by atoms with Crippen LogP contribution in [0.2, 0.25) is 0 Å². The highest BCUT2D eigenvalue weighted by Gasteiger charge is 2.16. The molecule has 0 saturated carbocycles. The van der Waals surface area contributed by atoms with Gasteiger partial charge in [-0.15, -0.1) is 0 Å². The third-order valence-electron chi connectivity index (χ3n) is 2.10. The Labute approximate surface area is 109 Å². The molecule has 0 N–H and O–H groups in total. The van der Waals surface area contributed by atoms with Crippen molar-refractivity contribution >= 4 is 18.2 Å². The summed E-state index contributed by atoms with van der Waals surface area (Å²) < 4.78 is 14.1. The molecule has 0 aromatic heterocycles. The molecule has 6 heteroatoms. The van der Waals surface area contributed by atoms with E-state index in [4.69, 9.17) is 4.74 Å². The molecule has 0 unspecified atom stereocenters. The molecular weight excluding hydrogens is 252 g/mol. The SMILES string of the molecule is COC(=O)/C=C(/Oc1ccccc1C=O)C(=O)OC. The van der Waals surface area contributed by atoms with E-state index in [1.165, 1.54) is 12.1 Å². The lowest BCUT2D eigenvalue weighted by atomic mass is 10.2. The summed E-state index contributed by atoms with van der Waals surface area (Å²) in [5.41, 5.74) is 0.238. The van der Waals surface area contributed by atoms with Crippen LogP contribution in [0.5, 0.6) is 5.75 Å². The Morgan fingerprint density at radius 2 is 1.79 bits per heavy atom. The van der Waals surface area contributed by atoms with Gasteiger partial charge in [-0.25, -0.2) is 9.59 Å². The van der Waals surface area contributed by atoms with Gasteiger partial charge in [0.05, 0.1) is 25.9 Å². The number of hydrogen-bond acceptors (Lipinski definition) is 6. The first-order valence-corrected chi connectivity index (χ1v) is 5.22. The number of aldehydes is 1. The summed E-state index contributed by atoms with van der Waals surface area (Å²) in [4.78, 5) is 33.4. The van der Waals surface area contributed by atoms with E-state index in [1.807, 2.05) is 0 Å². The molecule has 0 aliphatic carbocycles. The molecule has 0 spiro atoms. The lowest BCUT2D eigenvalue weighted by molar-refractivity contribution is -0.140. The number of carbonyl (C=O) groups excluding carboxylic acids is 3. The van der Waals surface area contributed by atoms with E-state index >= 15 is 0 Å². The van der Waals surface area contributed by atoms with Gasteiger partial charge in [-0.1, -0.05) is 12.1 Å². The monoisotopic (exact) mass is 264 g/mol. The number of carbonyl (C=O) groups is 3.